The molecule has 1 saturated heterocycles. The number of carbonyl (C=O) groups is 2. The standard InChI is InChI=1S/C14H16ClNO3/c1-9-4-5-10(11(15)8-9)12(17)16-7-3-6-14(16,2)13(18)19/h4-5,8H,3,6-7H2,1-2H3,(H,18,19). The first kappa shape index (κ1) is 13.9. The number of hydrogen-bond donors (Lipinski definition) is 1. The van der Waals surface area contributed by atoms with Gasteiger partial charge in [-0.25, -0.2) is 4.79 Å². The van der Waals surface area contributed by atoms with Gasteiger partial charge in [0, 0.05) is 6.54 Å². The number of carboxylic acids is 1. The minimum atomic E-state index is -1.13. The van der Waals surface area contributed by atoms with E-state index in [2.05, 4.69) is 0 Å². The molecule has 1 aliphatic rings. The van der Waals surface area contributed by atoms with Crippen molar-refractivity contribution < 1.29 is 14.7 Å². The maximum absolute atomic E-state index is 12.5. The predicted octanol–water partition coefficient (Wildman–Crippen LogP) is 2.73. The molecule has 1 unspecified atom stereocenters. The second-order valence-corrected chi connectivity index (χ2v) is 5.53. The second kappa shape index (κ2) is 4.85. The zero-order chi connectivity index (χ0) is 14.2. The lowest BCUT2D eigenvalue weighted by Gasteiger charge is -2.31. The van der Waals surface area contributed by atoms with Crippen LogP contribution in [-0.4, -0.2) is 34.0 Å². The van der Waals surface area contributed by atoms with Gasteiger partial charge >= 0.3 is 5.97 Å². The van der Waals surface area contributed by atoms with Crippen LogP contribution in [0.5, 0.6) is 0 Å². The lowest BCUT2D eigenvalue weighted by atomic mass is 9.98. The van der Waals surface area contributed by atoms with Gasteiger partial charge in [0.2, 0.25) is 0 Å². The highest BCUT2D eigenvalue weighted by molar-refractivity contribution is 6.34. The summed E-state index contributed by atoms with van der Waals surface area (Å²) < 4.78 is 0. The fourth-order valence-corrected chi connectivity index (χ4v) is 2.77. The van der Waals surface area contributed by atoms with E-state index in [1.54, 1.807) is 25.1 Å². The summed E-state index contributed by atoms with van der Waals surface area (Å²) in [5.74, 6) is -1.28. The van der Waals surface area contributed by atoms with Crippen LogP contribution in [0.4, 0.5) is 0 Å². The molecular formula is C14H16ClNO3. The molecule has 4 nitrogen and oxygen atoms in total. The number of carboxylic acid groups (broad SMARTS) is 1. The van der Waals surface area contributed by atoms with Crippen LogP contribution >= 0.6 is 11.6 Å². The van der Waals surface area contributed by atoms with Gasteiger partial charge in [0.25, 0.3) is 5.91 Å². The molecule has 1 aromatic rings. The number of nitrogens with zero attached hydrogens (tertiary/aromatic N) is 1. The van der Waals surface area contributed by atoms with Crippen LogP contribution in [0, 0.1) is 6.92 Å². The summed E-state index contributed by atoms with van der Waals surface area (Å²) in [6, 6.07) is 5.16. The van der Waals surface area contributed by atoms with Gasteiger partial charge in [0.1, 0.15) is 5.54 Å². The molecule has 1 aliphatic heterocycles. The van der Waals surface area contributed by atoms with Crippen LogP contribution in [0.2, 0.25) is 5.02 Å². The molecule has 1 atom stereocenters. The summed E-state index contributed by atoms with van der Waals surface area (Å²) in [4.78, 5) is 25.3. The Bertz CT molecular complexity index is 543. The molecule has 1 amide bonds. The van der Waals surface area contributed by atoms with E-state index in [-0.39, 0.29) is 5.91 Å². The molecule has 0 radical (unpaired) electrons. The van der Waals surface area contributed by atoms with E-state index in [9.17, 15) is 14.7 Å². The molecule has 0 bridgehead atoms. The van der Waals surface area contributed by atoms with E-state index in [4.69, 9.17) is 11.6 Å². The van der Waals surface area contributed by atoms with Crippen LogP contribution in [0.25, 0.3) is 0 Å². The van der Waals surface area contributed by atoms with E-state index in [0.717, 1.165) is 5.56 Å². The normalized spacial score (nSPS) is 22.6. The Balaban J connectivity index is 2.36. The minimum Gasteiger partial charge on any atom is -0.480 e. The first-order valence-corrected chi connectivity index (χ1v) is 6.55. The topological polar surface area (TPSA) is 57.6 Å². The van der Waals surface area contributed by atoms with Crippen molar-refractivity contribution in [3.05, 3.63) is 34.3 Å². The summed E-state index contributed by atoms with van der Waals surface area (Å²) in [5, 5.41) is 9.69. The highest BCUT2D eigenvalue weighted by Gasteiger charge is 2.46. The van der Waals surface area contributed by atoms with Gasteiger partial charge in [-0.05, 0) is 44.4 Å². The summed E-state index contributed by atoms with van der Waals surface area (Å²) in [6.45, 7) is 3.92. The van der Waals surface area contributed by atoms with Crippen LogP contribution in [-0.2, 0) is 4.79 Å². The van der Waals surface area contributed by atoms with Crippen LogP contribution in [0.15, 0.2) is 18.2 Å². The zero-order valence-corrected chi connectivity index (χ0v) is 11.7. The number of rotatable bonds is 2. The number of hydrogen-bond acceptors (Lipinski definition) is 2. The lowest BCUT2D eigenvalue weighted by molar-refractivity contribution is -0.147. The molecule has 19 heavy (non-hydrogen) atoms. The number of halogens is 1. The third kappa shape index (κ3) is 2.32. The molecule has 1 fully saturated rings. The van der Waals surface area contributed by atoms with Crippen molar-refractivity contribution in [3.63, 3.8) is 0 Å². The SMILES string of the molecule is Cc1ccc(C(=O)N2CCCC2(C)C(=O)O)c(Cl)c1. The maximum Gasteiger partial charge on any atom is 0.329 e. The number of aryl methyl sites for hydroxylation is 1. The number of amides is 1. The van der Waals surface area contributed by atoms with Crippen molar-refractivity contribution in [1.82, 2.24) is 4.90 Å². The second-order valence-electron chi connectivity index (χ2n) is 5.12. The van der Waals surface area contributed by atoms with Crippen molar-refractivity contribution in [2.45, 2.75) is 32.2 Å². The first-order valence-electron chi connectivity index (χ1n) is 6.18. The number of carbonyl (C=O) groups excluding carboxylic acids is 1. The van der Waals surface area contributed by atoms with Crippen molar-refractivity contribution in [2.75, 3.05) is 6.54 Å². The fraction of sp³-hybridized carbons (Fsp3) is 0.429. The average Bonchev–Trinajstić information content (AvgIpc) is 2.72. The molecule has 1 N–H and O–H groups in total. The fourth-order valence-electron chi connectivity index (χ4n) is 2.45. The number of aliphatic carboxylic acids is 1. The van der Waals surface area contributed by atoms with Gasteiger partial charge in [-0.1, -0.05) is 17.7 Å². The van der Waals surface area contributed by atoms with Crippen molar-refractivity contribution in [1.29, 1.82) is 0 Å². The third-order valence-electron chi connectivity index (χ3n) is 3.70. The molecule has 0 aromatic heterocycles. The van der Waals surface area contributed by atoms with E-state index < -0.39 is 11.5 Å². The van der Waals surface area contributed by atoms with Crippen molar-refractivity contribution >= 4 is 23.5 Å². The number of benzene rings is 1. The molecule has 0 saturated carbocycles. The maximum atomic E-state index is 12.5. The largest absolute Gasteiger partial charge is 0.480 e. The summed E-state index contributed by atoms with van der Waals surface area (Å²) >= 11 is 6.08. The monoisotopic (exact) mass is 281 g/mol. The Kier molecular flexibility index (Phi) is 3.54. The van der Waals surface area contributed by atoms with Gasteiger partial charge in [-0.2, -0.15) is 0 Å². The third-order valence-corrected chi connectivity index (χ3v) is 4.01. The van der Waals surface area contributed by atoms with Crippen molar-refractivity contribution in [2.24, 2.45) is 0 Å². The predicted molar refractivity (Wildman–Crippen MR) is 72.5 cm³/mol. The molecule has 102 valence electrons. The van der Waals surface area contributed by atoms with E-state index in [0.29, 0.717) is 30.0 Å². The van der Waals surface area contributed by atoms with Gasteiger partial charge in [-0.15, -0.1) is 0 Å². The van der Waals surface area contributed by atoms with E-state index in [1.165, 1.54) is 4.90 Å². The van der Waals surface area contributed by atoms with Crippen LogP contribution in [0.1, 0.15) is 35.7 Å². The number of likely N-dealkylation sites (tertiary alicyclic amines) is 1. The van der Waals surface area contributed by atoms with Gasteiger partial charge < -0.3 is 10.0 Å². The van der Waals surface area contributed by atoms with Gasteiger partial charge in [-0.3, -0.25) is 4.79 Å². The van der Waals surface area contributed by atoms with Crippen LogP contribution in [0.3, 0.4) is 0 Å². The summed E-state index contributed by atoms with van der Waals surface area (Å²) in [7, 11) is 0. The molecular weight excluding hydrogens is 266 g/mol. The Hall–Kier alpha value is -1.55. The lowest BCUT2D eigenvalue weighted by Crippen LogP contribution is -2.50. The molecule has 0 spiro atoms. The molecule has 5 heteroatoms. The molecule has 0 aliphatic carbocycles. The zero-order valence-electron chi connectivity index (χ0n) is 10.9. The Labute approximate surface area is 117 Å². The Morgan fingerprint density at radius 2 is 2.11 bits per heavy atom. The highest BCUT2D eigenvalue weighted by Crippen LogP contribution is 2.32. The van der Waals surface area contributed by atoms with Crippen molar-refractivity contribution in [3.8, 4) is 0 Å². The highest BCUT2D eigenvalue weighted by atomic mass is 35.5. The quantitative estimate of drug-likeness (QED) is 0.907. The molecule has 1 aromatic carbocycles. The minimum absolute atomic E-state index is 0.313. The van der Waals surface area contributed by atoms with E-state index >= 15 is 0 Å². The Morgan fingerprint density at radius 1 is 1.42 bits per heavy atom. The Morgan fingerprint density at radius 3 is 2.68 bits per heavy atom. The van der Waals surface area contributed by atoms with Gasteiger partial charge in [0.15, 0.2) is 0 Å². The molecule has 2 rings (SSSR count). The smallest absolute Gasteiger partial charge is 0.329 e. The molecule has 1 heterocycles. The summed E-state index contributed by atoms with van der Waals surface area (Å²) in [5.41, 5.74) is 0.191. The summed E-state index contributed by atoms with van der Waals surface area (Å²) in [6.07, 6.45) is 1.16. The average molecular weight is 282 g/mol. The van der Waals surface area contributed by atoms with E-state index in [1.807, 2.05) is 6.92 Å². The van der Waals surface area contributed by atoms with Gasteiger partial charge in [0.05, 0.1) is 10.6 Å². The van der Waals surface area contributed by atoms with Crippen LogP contribution < -0.4 is 0 Å². The first-order chi connectivity index (χ1) is 8.86.